The number of methoxy groups -OCH3 is 1. The van der Waals surface area contributed by atoms with Gasteiger partial charge in [0.1, 0.15) is 5.75 Å². The van der Waals surface area contributed by atoms with E-state index in [4.69, 9.17) is 4.74 Å². The predicted molar refractivity (Wildman–Crippen MR) is 101 cm³/mol. The Kier molecular flexibility index (Phi) is 7.41. The molecular formula is C19H30N4O3. The highest BCUT2D eigenvalue weighted by atomic mass is 16.5. The largest absolute Gasteiger partial charge is 0.497 e. The highest BCUT2D eigenvalue weighted by Gasteiger charge is 2.25. The molecule has 1 aliphatic rings. The lowest BCUT2D eigenvalue weighted by molar-refractivity contribution is -0.139. The van der Waals surface area contributed by atoms with Gasteiger partial charge in [-0.3, -0.25) is 14.5 Å². The first-order valence-corrected chi connectivity index (χ1v) is 9.06. The van der Waals surface area contributed by atoms with Crippen LogP contribution in [0.3, 0.4) is 0 Å². The van der Waals surface area contributed by atoms with Gasteiger partial charge in [0.2, 0.25) is 0 Å². The van der Waals surface area contributed by atoms with Crippen molar-refractivity contribution < 1.29 is 14.3 Å². The third-order valence-corrected chi connectivity index (χ3v) is 4.56. The number of benzene rings is 1. The summed E-state index contributed by atoms with van der Waals surface area (Å²) in [5.74, 6) is -0.385. The third-order valence-electron chi connectivity index (χ3n) is 4.56. The van der Waals surface area contributed by atoms with Crippen molar-refractivity contribution in [3.63, 3.8) is 0 Å². The lowest BCUT2D eigenvalue weighted by Crippen LogP contribution is -2.50. The monoisotopic (exact) mass is 362 g/mol. The molecule has 1 aromatic carbocycles. The number of carbonyl (C=O) groups excluding carboxylic acids is 2. The number of carbonyl (C=O) groups is 2. The molecular weight excluding hydrogens is 332 g/mol. The molecule has 1 aromatic rings. The minimum absolute atomic E-state index is 0.0189. The maximum absolute atomic E-state index is 12.1. The molecule has 1 unspecified atom stereocenters. The van der Waals surface area contributed by atoms with Gasteiger partial charge in [-0.05, 0) is 38.6 Å². The first-order chi connectivity index (χ1) is 12.4. The van der Waals surface area contributed by atoms with Crippen molar-refractivity contribution in [2.75, 3.05) is 46.9 Å². The van der Waals surface area contributed by atoms with E-state index in [0.717, 1.165) is 37.5 Å². The van der Waals surface area contributed by atoms with Gasteiger partial charge in [-0.1, -0.05) is 12.1 Å². The molecule has 7 nitrogen and oxygen atoms in total. The van der Waals surface area contributed by atoms with Crippen LogP contribution in [-0.2, 0) is 9.59 Å². The SMILES string of the molecule is COc1ccc(C(CNC(=O)C(=O)NC(C)C)N2CCN(C)CC2)cc1. The molecule has 0 aromatic heterocycles. The topological polar surface area (TPSA) is 73.9 Å². The van der Waals surface area contributed by atoms with Gasteiger partial charge in [-0.25, -0.2) is 0 Å². The second-order valence-electron chi connectivity index (χ2n) is 6.97. The summed E-state index contributed by atoms with van der Waals surface area (Å²) in [5.41, 5.74) is 1.10. The fourth-order valence-electron chi connectivity index (χ4n) is 3.01. The molecule has 2 N–H and O–H groups in total. The van der Waals surface area contributed by atoms with Crippen molar-refractivity contribution in [1.29, 1.82) is 0 Å². The van der Waals surface area contributed by atoms with Crippen LogP contribution in [0.15, 0.2) is 24.3 Å². The summed E-state index contributed by atoms with van der Waals surface area (Å²) in [5, 5.41) is 5.40. The number of hydrogen-bond acceptors (Lipinski definition) is 5. The van der Waals surface area contributed by atoms with Gasteiger partial charge in [0.25, 0.3) is 0 Å². The summed E-state index contributed by atoms with van der Waals surface area (Å²) in [4.78, 5) is 28.6. The van der Waals surface area contributed by atoms with Crippen LogP contribution >= 0.6 is 0 Å². The maximum atomic E-state index is 12.1. The number of rotatable bonds is 6. The van der Waals surface area contributed by atoms with E-state index in [1.165, 1.54) is 0 Å². The van der Waals surface area contributed by atoms with Crippen molar-refractivity contribution in [1.82, 2.24) is 20.4 Å². The van der Waals surface area contributed by atoms with E-state index in [2.05, 4.69) is 27.5 Å². The first-order valence-electron chi connectivity index (χ1n) is 9.06. The molecule has 1 fully saturated rings. The summed E-state index contributed by atoms with van der Waals surface area (Å²) in [6, 6.07) is 7.83. The van der Waals surface area contributed by atoms with Crippen molar-refractivity contribution in [2.45, 2.75) is 25.9 Å². The molecule has 2 rings (SSSR count). The van der Waals surface area contributed by atoms with Gasteiger partial charge >= 0.3 is 11.8 Å². The molecule has 1 saturated heterocycles. The van der Waals surface area contributed by atoms with Crippen LogP contribution in [0.2, 0.25) is 0 Å². The number of amides is 2. The number of hydrogen-bond donors (Lipinski definition) is 2. The molecule has 26 heavy (non-hydrogen) atoms. The lowest BCUT2D eigenvalue weighted by atomic mass is 10.0. The lowest BCUT2D eigenvalue weighted by Gasteiger charge is -2.38. The molecule has 0 spiro atoms. The van der Waals surface area contributed by atoms with E-state index in [1.54, 1.807) is 7.11 Å². The van der Waals surface area contributed by atoms with Crippen LogP contribution in [-0.4, -0.2) is 74.5 Å². The van der Waals surface area contributed by atoms with Crippen molar-refractivity contribution in [3.8, 4) is 5.75 Å². The number of nitrogens with one attached hydrogen (secondary N) is 2. The average molecular weight is 362 g/mol. The molecule has 2 amide bonds. The van der Waals surface area contributed by atoms with Gasteiger partial charge in [-0.2, -0.15) is 0 Å². The smallest absolute Gasteiger partial charge is 0.309 e. The average Bonchev–Trinajstić information content (AvgIpc) is 2.63. The zero-order chi connectivity index (χ0) is 19.1. The number of ether oxygens (including phenoxy) is 1. The second kappa shape index (κ2) is 9.54. The fraction of sp³-hybridized carbons (Fsp3) is 0.579. The van der Waals surface area contributed by atoms with Crippen LogP contribution < -0.4 is 15.4 Å². The molecule has 144 valence electrons. The Bertz CT molecular complexity index is 595. The van der Waals surface area contributed by atoms with Gasteiger partial charge in [0, 0.05) is 38.8 Å². The van der Waals surface area contributed by atoms with Gasteiger partial charge in [0.05, 0.1) is 13.2 Å². The van der Waals surface area contributed by atoms with Crippen LogP contribution in [0.1, 0.15) is 25.5 Å². The summed E-state index contributed by atoms with van der Waals surface area (Å²) in [6.07, 6.45) is 0. The molecule has 1 heterocycles. The Labute approximate surface area is 155 Å². The van der Waals surface area contributed by atoms with Crippen LogP contribution in [0.5, 0.6) is 5.75 Å². The zero-order valence-electron chi connectivity index (χ0n) is 16.1. The van der Waals surface area contributed by atoms with Crippen LogP contribution in [0.4, 0.5) is 0 Å². The molecule has 0 radical (unpaired) electrons. The van der Waals surface area contributed by atoms with Gasteiger partial charge in [0.15, 0.2) is 0 Å². The Balaban J connectivity index is 2.07. The Morgan fingerprint density at radius 1 is 1.08 bits per heavy atom. The van der Waals surface area contributed by atoms with E-state index in [0.29, 0.717) is 6.54 Å². The summed E-state index contributed by atoms with van der Waals surface area (Å²) in [6.45, 7) is 7.84. The normalized spacial score (nSPS) is 17.0. The standard InChI is InChI=1S/C19H30N4O3/c1-14(2)21-19(25)18(24)20-13-17(23-11-9-22(3)10-12-23)15-5-7-16(26-4)8-6-15/h5-8,14,17H,9-13H2,1-4H3,(H,20,24)(H,21,25). The van der Waals surface area contributed by atoms with Crippen molar-refractivity contribution in [3.05, 3.63) is 29.8 Å². The second-order valence-corrected chi connectivity index (χ2v) is 6.97. The Hall–Kier alpha value is -2.12. The van der Waals surface area contributed by atoms with Crippen LogP contribution in [0, 0.1) is 0 Å². The van der Waals surface area contributed by atoms with E-state index in [9.17, 15) is 9.59 Å². The van der Waals surface area contributed by atoms with Crippen molar-refractivity contribution >= 4 is 11.8 Å². The molecule has 0 bridgehead atoms. The Morgan fingerprint density at radius 3 is 2.23 bits per heavy atom. The minimum Gasteiger partial charge on any atom is -0.497 e. The molecule has 0 aliphatic carbocycles. The molecule has 0 saturated carbocycles. The van der Waals surface area contributed by atoms with E-state index >= 15 is 0 Å². The maximum Gasteiger partial charge on any atom is 0.309 e. The number of nitrogens with zero attached hydrogens (tertiary/aromatic N) is 2. The molecule has 1 atom stereocenters. The van der Waals surface area contributed by atoms with E-state index in [-0.39, 0.29) is 12.1 Å². The van der Waals surface area contributed by atoms with Gasteiger partial charge < -0.3 is 20.3 Å². The molecule has 1 aliphatic heterocycles. The minimum atomic E-state index is -0.591. The predicted octanol–water partition coefficient (Wildman–Crippen LogP) is 0.625. The molecule has 7 heteroatoms. The first kappa shape index (κ1) is 20.2. The van der Waals surface area contributed by atoms with Crippen molar-refractivity contribution in [2.24, 2.45) is 0 Å². The fourth-order valence-corrected chi connectivity index (χ4v) is 3.01. The zero-order valence-corrected chi connectivity index (χ0v) is 16.1. The number of piperazine rings is 1. The number of likely N-dealkylation sites (N-methyl/N-ethyl adjacent to an activating group) is 1. The highest BCUT2D eigenvalue weighted by molar-refractivity contribution is 6.35. The Morgan fingerprint density at radius 2 is 1.69 bits per heavy atom. The van der Waals surface area contributed by atoms with Crippen LogP contribution in [0.25, 0.3) is 0 Å². The van der Waals surface area contributed by atoms with E-state index in [1.807, 2.05) is 38.1 Å². The summed E-state index contributed by atoms with van der Waals surface area (Å²) in [7, 11) is 3.75. The summed E-state index contributed by atoms with van der Waals surface area (Å²) >= 11 is 0. The van der Waals surface area contributed by atoms with E-state index < -0.39 is 11.8 Å². The van der Waals surface area contributed by atoms with Gasteiger partial charge in [-0.15, -0.1) is 0 Å². The third kappa shape index (κ3) is 5.71. The highest BCUT2D eigenvalue weighted by Crippen LogP contribution is 2.23. The summed E-state index contributed by atoms with van der Waals surface area (Å²) < 4.78 is 5.23. The quantitative estimate of drug-likeness (QED) is 0.726.